The van der Waals surface area contributed by atoms with Crippen molar-refractivity contribution in [2.24, 2.45) is 0 Å². The molecule has 0 saturated heterocycles. The first kappa shape index (κ1) is 67.6. The van der Waals surface area contributed by atoms with Gasteiger partial charge in [-0.05, 0) is 70.6 Å². The minimum atomic E-state index is -0.773. The number of rotatable bonds is 57. The summed E-state index contributed by atoms with van der Waals surface area (Å²) in [6.45, 7) is 6.54. The summed E-state index contributed by atoms with van der Waals surface area (Å²) in [4.78, 5) is 37.8. The molecule has 0 aliphatic heterocycles. The first-order valence-corrected chi connectivity index (χ1v) is 31.0. The van der Waals surface area contributed by atoms with Gasteiger partial charge in [0, 0.05) is 19.3 Å². The molecule has 0 rings (SSSR count). The number of ether oxygens (including phenoxy) is 3. The molecule has 70 heavy (non-hydrogen) atoms. The predicted octanol–water partition coefficient (Wildman–Crippen LogP) is 20.8. The highest BCUT2D eigenvalue weighted by Gasteiger charge is 2.19. The van der Waals surface area contributed by atoms with Crippen LogP contribution < -0.4 is 0 Å². The quantitative estimate of drug-likeness (QED) is 0.0261. The number of hydrogen-bond acceptors (Lipinski definition) is 6. The average molecular weight is 984 g/mol. The Morgan fingerprint density at radius 1 is 0.286 bits per heavy atom. The molecule has 0 aromatic rings. The third kappa shape index (κ3) is 56.5. The first-order chi connectivity index (χ1) is 34.5. The molecule has 410 valence electrons. The fourth-order valence-corrected chi connectivity index (χ4v) is 9.18. The number of esters is 3. The molecule has 0 fully saturated rings. The minimum absolute atomic E-state index is 0.0743. The molecule has 0 heterocycles. The van der Waals surface area contributed by atoms with Gasteiger partial charge in [-0.2, -0.15) is 0 Å². The zero-order valence-electron chi connectivity index (χ0n) is 47.1. The highest BCUT2D eigenvalue weighted by atomic mass is 16.6. The number of carbonyl (C=O) groups excluding carboxylic acids is 3. The smallest absolute Gasteiger partial charge is 0.306 e. The fraction of sp³-hybridized carbons (Fsp3) is 0.859. The molecule has 0 aliphatic rings. The van der Waals surface area contributed by atoms with Gasteiger partial charge in [0.05, 0.1) is 0 Å². The maximum absolute atomic E-state index is 12.7. The van der Waals surface area contributed by atoms with Crippen molar-refractivity contribution < 1.29 is 28.6 Å². The lowest BCUT2D eigenvalue weighted by molar-refractivity contribution is -0.167. The number of unbranched alkanes of at least 4 members (excludes halogenated alkanes) is 40. The summed E-state index contributed by atoms with van der Waals surface area (Å²) >= 11 is 0. The number of carbonyl (C=O) groups is 3. The van der Waals surface area contributed by atoms with Crippen LogP contribution in [0.15, 0.2) is 36.5 Å². The molecule has 1 unspecified atom stereocenters. The van der Waals surface area contributed by atoms with Gasteiger partial charge in [-0.25, -0.2) is 0 Å². The second kappa shape index (κ2) is 59.2. The molecule has 0 bridgehead atoms. The molecule has 1 atom stereocenters. The van der Waals surface area contributed by atoms with Gasteiger partial charge in [-0.15, -0.1) is 0 Å². The Morgan fingerprint density at radius 2 is 0.543 bits per heavy atom. The van der Waals surface area contributed by atoms with Crippen molar-refractivity contribution in [3.8, 4) is 0 Å². The van der Waals surface area contributed by atoms with Gasteiger partial charge in [0.15, 0.2) is 6.10 Å². The van der Waals surface area contributed by atoms with E-state index in [0.717, 1.165) is 89.9 Å². The summed E-state index contributed by atoms with van der Waals surface area (Å²) in [6, 6.07) is 0. The Balaban J connectivity index is 3.89. The molecule has 0 aromatic carbocycles. The van der Waals surface area contributed by atoms with Gasteiger partial charge in [-0.1, -0.05) is 282 Å². The Morgan fingerprint density at radius 3 is 0.857 bits per heavy atom. The van der Waals surface area contributed by atoms with E-state index in [4.69, 9.17) is 14.2 Å². The third-order valence-electron chi connectivity index (χ3n) is 13.8. The van der Waals surface area contributed by atoms with E-state index in [1.165, 1.54) is 205 Å². The summed E-state index contributed by atoms with van der Waals surface area (Å²) in [6.07, 6.45) is 72.1. The summed E-state index contributed by atoms with van der Waals surface area (Å²) < 4.78 is 16.7. The summed E-state index contributed by atoms with van der Waals surface area (Å²) in [7, 11) is 0. The van der Waals surface area contributed by atoms with Gasteiger partial charge in [0.2, 0.25) is 0 Å². The SMILES string of the molecule is CCC/C=C\C/C=C\CCCCCCCC(=O)OC(COC(=O)CCCCCCCC)COC(=O)CCCCCCCCCCCCCCCCCCCCCCC/C=C\CCCCCCCCCC. The van der Waals surface area contributed by atoms with Gasteiger partial charge < -0.3 is 14.2 Å². The predicted molar refractivity (Wildman–Crippen MR) is 302 cm³/mol. The van der Waals surface area contributed by atoms with Crippen molar-refractivity contribution in [2.45, 2.75) is 341 Å². The highest BCUT2D eigenvalue weighted by Crippen LogP contribution is 2.17. The van der Waals surface area contributed by atoms with Crippen LogP contribution in [0.2, 0.25) is 0 Å². The largest absolute Gasteiger partial charge is 0.462 e. The van der Waals surface area contributed by atoms with Crippen LogP contribution in [-0.4, -0.2) is 37.2 Å². The summed E-state index contributed by atoms with van der Waals surface area (Å²) in [5.74, 6) is -0.884. The molecule has 0 aromatic heterocycles. The zero-order chi connectivity index (χ0) is 50.7. The van der Waals surface area contributed by atoms with Crippen LogP contribution in [0, 0.1) is 0 Å². The second-order valence-electron chi connectivity index (χ2n) is 21.0. The van der Waals surface area contributed by atoms with Crippen molar-refractivity contribution >= 4 is 17.9 Å². The van der Waals surface area contributed by atoms with Crippen LogP contribution in [-0.2, 0) is 28.6 Å². The number of hydrogen-bond donors (Lipinski definition) is 0. The van der Waals surface area contributed by atoms with E-state index < -0.39 is 6.10 Å². The van der Waals surface area contributed by atoms with Crippen molar-refractivity contribution in [1.29, 1.82) is 0 Å². The van der Waals surface area contributed by atoms with E-state index in [1.54, 1.807) is 0 Å². The molecule has 0 radical (unpaired) electrons. The molecule has 0 amide bonds. The monoisotopic (exact) mass is 983 g/mol. The van der Waals surface area contributed by atoms with Crippen molar-refractivity contribution in [3.63, 3.8) is 0 Å². The van der Waals surface area contributed by atoms with Gasteiger partial charge in [-0.3, -0.25) is 14.4 Å². The average Bonchev–Trinajstić information content (AvgIpc) is 3.36. The Kier molecular flexibility index (Phi) is 57.2. The van der Waals surface area contributed by atoms with Crippen LogP contribution in [0.25, 0.3) is 0 Å². The van der Waals surface area contributed by atoms with Crippen molar-refractivity contribution in [2.75, 3.05) is 13.2 Å². The van der Waals surface area contributed by atoms with Crippen LogP contribution in [0.3, 0.4) is 0 Å². The Labute approximate surface area is 435 Å². The first-order valence-electron chi connectivity index (χ1n) is 31.0. The highest BCUT2D eigenvalue weighted by molar-refractivity contribution is 5.71. The molecule has 0 aliphatic carbocycles. The van der Waals surface area contributed by atoms with E-state index in [9.17, 15) is 14.4 Å². The van der Waals surface area contributed by atoms with Crippen LogP contribution in [0.1, 0.15) is 335 Å². The van der Waals surface area contributed by atoms with Crippen LogP contribution in [0.4, 0.5) is 0 Å². The number of allylic oxidation sites excluding steroid dienone is 6. The molecule has 0 spiro atoms. The van der Waals surface area contributed by atoms with Gasteiger partial charge >= 0.3 is 17.9 Å². The Hall–Kier alpha value is -2.37. The van der Waals surface area contributed by atoms with Gasteiger partial charge in [0.25, 0.3) is 0 Å². The molecule has 6 heteroatoms. The Bertz CT molecular complexity index is 1170. The van der Waals surface area contributed by atoms with E-state index in [2.05, 4.69) is 57.2 Å². The molecule has 0 saturated carbocycles. The maximum atomic E-state index is 12.7. The molecular formula is C64H118O6. The van der Waals surface area contributed by atoms with Crippen LogP contribution in [0.5, 0.6) is 0 Å². The van der Waals surface area contributed by atoms with E-state index >= 15 is 0 Å². The van der Waals surface area contributed by atoms with E-state index in [0.29, 0.717) is 19.3 Å². The fourth-order valence-electron chi connectivity index (χ4n) is 9.18. The summed E-state index contributed by atoms with van der Waals surface area (Å²) in [5, 5.41) is 0. The summed E-state index contributed by atoms with van der Waals surface area (Å²) in [5.41, 5.74) is 0. The minimum Gasteiger partial charge on any atom is -0.462 e. The zero-order valence-corrected chi connectivity index (χ0v) is 47.1. The van der Waals surface area contributed by atoms with E-state index in [-0.39, 0.29) is 31.1 Å². The van der Waals surface area contributed by atoms with Gasteiger partial charge in [0.1, 0.15) is 13.2 Å². The normalized spacial score (nSPS) is 12.2. The lowest BCUT2D eigenvalue weighted by Crippen LogP contribution is -2.30. The van der Waals surface area contributed by atoms with E-state index in [1.807, 2.05) is 0 Å². The molecule has 6 nitrogen and oxygen atoms in total. The molecule has 0 N–H and O–H groups in total. The topological polar surface area (TPSA) is 78.9 Å². The molecular weight excluding hydrogens is 865 g/mol. The maximum Gasteiger partial charge on any atom is 0.306 e. The lowest BCUT2D eigenvalue weighted by atomic mass is 10.0. The van der Waals surface area contributed by atoms with Crippen molar-refractivity contribution in [1.82, 2.24) is 0 Å². The standard InChI is InChI=1S/C64H118O6/c1-4-7-10-13-16-18-20-22-23-24-25-26-27-28-29-30-31-32-33-34-35-36-37-38-39-40-41-43-44-46-48-51-54-57-63(66)69-60-61(59-68-62(65)56-53-50-15-12-9-6-3)70-64(67)58-55-52-49-47-45-42-21-19-17-14-11-8-5-2/h11,14,19,21,24-25,61H,4-10,12-13,15-18,20,22-23,26-60H2,1-3H3/b14-11-,21-19-,25-24-. The second-order valence-corrected chi connectivity index (χ2v) is 21.0. The van der Waals surface area contributed by atoms with Crippen molar-refractivity contribution in [3.05, 3.63) is 36.5 Å². The van der Waals surface area contributed by atoms with Crippen LogP contribution >= 0.6 is 0 Å². The lowest BCUT2D eigenvalue weighted by Gasteiger charge is -2.18. The third-order valence-corrected chi connectivity index (χ3v) is 13.8.